The number of hydrogen-bond acceptors (Lipinski definition) is 4. The fourth-order valence-corrected chi connectivity index (χ4v) is 5.21. The first-order valence-corrected chi connectivity index (χ1v) is 12.4. The van der Waals surface area contributed by atoms with E-state index in [0.29, 0.717) is 10.7 Å². The monoisotopic (exact) mass is 461 g/mol. The number of rotatable bonds is 3. The molecule has 2 N–H and O–H groups in total. The first-order valence-electron chi connectivity index (χ1n) is 12.0. The molecule has 5 nitrogen and oxygen atoms in total. The van der Waals surface area contributed by atoms with E-state index < -0.39 is 0 Å². The Balaban J connectivity index is 1.41. The fourth-order valence-electron chi connectivity index (χ4n) is 5.05. The number of nitrogens with zero attached hydrogens (tertiary/aromatic N) is 1. The minimum absolute atomic E-state index is 0.0177. The molecule has 172 valence electrons. The number of benzene rings is 2. The van der Waals surface area contributed by atoms with Gasteiger partial charge in [-0.25, -0.2) is 5.43 Å². The van der Waals surface area contributed by atoms with Crippen LogP contribution in [0, 0.1) is 6.92 Å². The molecule has 0 bridgehead atoms. The van der Waals surface area contributed by atoms with E-state index in [2.05, 4.69) is 41.8 Å². The highest BCUT2D eigenvalue weighted by Crippen LogP contribution is 2.43. The molecule has 1 aromatic heterocycles. The van der Waals surface area contributed by atoms with Crippen LogP contribution in [0.2, 0.25) is 0 Å². The molecule has 5 rings (SSSR count). The molecule has 0 atom stereocenters. The second-order valence-electron chi connectivity index (χ2n) is 9.31. The number of nitrogens with one attached hydrogen (secondary N) is 2. The van der Waals surface area contributed by atoms with Gasteiger partial charge < -0.3 is 14.5 Å². The third kappa shape index (κ3) is 4.76. The van der Waals surface area contributed by atoms with Crippen molar-refractivity contribution >= 4 is 34.0 Å². The predicted octanol–water partition coefficient (Wildman–Crippen LogP) is 6.13. The minimum atomic E-state index is 0.0177. The van der Waals surface area contributed by atoms with E-state index in [1.54, 1.807) is 0 Å². The lowest BCUT2D eigenvalue weighted by Crippen LogP contribution is -2.41. The lowest BCUT2D eigenvalue weighted by molar-refractivity contribution is 0.0109. The van der Waals surface area contributed by atoms with Crippen molar-refractivity contribution in [3.63, 3.8) is 0 Å². The van der Waals surface area contributed by atoms with Gasteiger partial charge >= 0.3 is 0 Å². The Bertz CT molecular complexity index is 1240. The van der Waals surface area contributed by atoms with Crippen LogP contribution in [0.15, 0.2) is 52.0 Å². The molecule has 33 heavy (non-hydrogen) atoms. The SMILES string of the molecule is CCc1cc(=NNC(=S)Nc2ccc(C)cc2)oc2cc3c(cc12)CCC1(CCCCC1)O3. The van der Waals surface area contributed by atoms with Gasteiger partial charge in [0, 0.05) is 23.2 Å². The van der Waals surface area contributed by atoms with E-state index in [1.165, 1.54) is 36.0 Å². The van der Waals surface area contributed by atoms with E-state index >= 15 is 0 Å². The molecule has 6 heteroatoms. The van der Waals surface area contributed by atoms with Crippen LogP contribution < -0.4 is 21.0 Å². The Morgan fingerprint density at radius 3 is 2.61 bits per heavy atom. The molecular formula is C27H31N3O2S. The first-order chi connectivity index (χ1) is 16.0. The van der Waals surface area contributed by atoms with Crippen LogP contribution in [0.4, 0.5) is 5.69 Å². The quantitative estimate of drug-likeness (QED) is 0.363. The van der Waals surface area contributed by atoms with Crippen molar-refractivity contribution < 1.29 is 9.15 Å². The molecule has 0 amide bonds. The van der Waals surface area contributed by atoms with E-state index in [4.69, 9.17) is 21.4 Å². The molecule has 1 fully saturated rings. The van der Waals surface area contributed by atoms with Crippen molar-refractivity contribution in [1.29, 1.82) is 0 Å². The third-order valence-corrected chi connectivity index (χ3v) is 7.11. The number of fused-ring (bicyclic) bond motifs is 2. The van der Waals surface area contributed by atoms with Crippen LogP contribution in [-0.2, 0) is 12.8 Å². The van der Waals surface area contributed by atoms with Crippen LogP contribution in [0.5, 0.6) is 5.75 Å². The Labute approximate surface area is 200 Å². The topological polar surface area (TPSA) is 58.8 Å². The smallest absolute Gasteiger partial charge is 0.236 e. The molecule has 2 heterocycles. The molecule has 1 saturated carbocycles. The first kappa shape index (κ1) is 22.0. The van der Waals surface area contributed by atoms with Crippen LogP contribution in [0.25, 0.3) is 11.0 Å². The summed E-state index contributed by atoms with van der Waals surface area (Å²) in [5.74, 6) is 0.975. The molecule has 0 radical (unpaired) electrons. The van der Waals surface area contributed by atoms with Gasteiger partial charge in [0.25, 0.3) is 0 Å². The summed E-state index contributed by atoms with van der Waals surface area (Å²) in [5, 5.41) is 9.11. The van der Waals surface area contributed by atoms with Gasteiger partial charge in [0.1, 0.15) is 16.9 Å². The van der Waals surface area contributed by atoms with Gasteiger partial charge in [0.15, 0.2) is 5.11 Å². The van der Waals surface area contributed by atoms with Gasteiger partial charge in [0.2, 0.25) is 5.55 Å². The van der Waals surface area contributed by atoms with Crippen LogP contribution in [-0.4, -0.2) is 10.7 Å². The standard InChI is InChI=1S/C27H31N3O2S/c1-3-19-16-25(29-30-26(33)28-21-9-7-18(2)8-10-21)31-24-17-23-20(15-22(19)24)11-14-27(32-23)12-5-4-6-13-27/h7-10,15-17H,3-6,11-14H2,1-2H3,(H2,28,30,33). The second-order valence-corrected chi connectivity index (χ2v) is 9.72. The van der Waals surface area contributed by atoms with Gasteiger partial charge in [-0.15, -0.1) is 5.10 Å². The zero-order chi connectivity index (χ0) is 22.8. The van der Waals surface area contributed by atoms with Crippen molar-refractivity contribution in [3.8, 4) is 5.75 Å². The van der Waals surface area contributed by atoms with E-state index in [0.717, 1.165) is 54.5 Å². The summed E-state index contributed by atoms with van der Waals surface area (Å²) in [6.07, 6.45) is 9.25. The van der Waals surface area contributed by atoms with E-state index in [9.17, 15) is 0 Å². The molecule has 2 aliphatic rings. The number of aryl methyl sites for hydroxylation is 3. The Morgan fingerprint density at radius 2 is 1.85 bits per heavy atom. The van der Waals surface area contributed by atoms with Crippen molar-refractivity contribution in [2.45, 2.75) is 70.8 Å². The summed E-state index contributed by atoms with van der Waals surface area (Å²) in [6.45, 7) is 4.21. The highest BCUT2D eigenvalue weighted by molar-refractivity contribution is 7.80. The van der Waals surface area contributed by atoms with Gasteiger partial charge in [0.05, 0.1) is 0 Å². The zero-order valence-electron chi connectivity index (χ0n) is 19.4. The second kappa shape index (κ2) is 9.18. The summed E-state index contributed by atoms with van der Waals surface area (Å²) in [4.78, 5) is 0. The number of thiocarbonyl (C=S) groups is 1. The molecule has 2 aromatic carbocycles. The normalized spacial score (nSPS) is 17.5. The molecule has 0 saturated heterocycles. The molecule has 1 aliphatic heterocycles. The predicted molar refractivity (Wildman–Crippen MR) is 136 cm³/mol. The average molecular weight is 462 g/mol. The molecule has 1 aliphatic carbocycles. The zero-order valence-corrected chi connectivity index (χ0v) is 20.2. The maximum atomic E-state index is 6.62. The van der Waals surface area contributed by atoms with Gasteiger partial charge in [-0.2, -0.15) is 0 Å². The van der Waals surface area contributed by atoms with Crippen molar-refractivity contribution in [2.24, 2.45) is 5.10 Å². The summed E-state index contributed by atoms with van der Waals surface area (Å²) in [5.41, 5.74) is 8.83. The lowest BCUT2D eigenvalue weighted by atomic mass is 9.79. The van der Waals surface area contributed by atoms with Crippen LogP contribution in [0.3, 0.4) is 0 Å². The molecule has 0 unspecified atom stereocenters. The minimum Gasteiger partial charge on any atom is -0.487 e. The third-order valence-electron chi connectivity index (χ3n) is 6.92. The summed E-state index contributed by atoms with van der Waals surface area (Å²) in [7, 11) is 0. The number of ether oxygens (including phenoxy) is 1. The van der Waals surface area contributed by atoms with Gasteiger partial charge in [-0.3, -0.25) is 0 Å². The van der Waals surface area contributed by atoms with Crippen LogP contribution in [0.1, 0.15) is 62.1 Å². The highest BCUT2D eigenvalue weighted by Gasteiger charge is 2.37. The largest absolute Gasteiger partial charge is 0.487 e. The fraction of sp³-hybridized carbons (Fsp3) is 0.407. The molecule has 3 aromatic rings. The van der Waals surface area contributed by atoms with Crippen molar-refractivity contribution in [2.75, 3.05) is 5.32 Å². The maximum Gasteiger partial charge on any atom is 0.236 e. The molecule has 1 spiro atoms. The van der Waals surface area contributed by atoms with Crippen LogP contribution >= 0.6 is 12.2 Å². The average Bonchev–Trinajstić information content (AvgIpc) is 2.83. The summed E-state index contributed by atoms with van der Waals surface area (Å²) >= 11 is 5.40. The highest BCUT2D eigenvalue weighted by atomic mass is 32.1. The lowest BCUT2D eigenvalue weighted by Gasteiger charge is -2.41. The molecular weight excluding hydrogens is 430 g/mol. The summed E-state index contributed by atoms with van der Waals surface area (Å²) in [6, 6.07) is 14.4. The van der Waals surface area contributed by atoms with Crippen molar-refractivity contribution in [3.05, 3.63) is 64.7 Å². The summed E-state index contributed by atoms with van der Waals surface area (Å²) < 4.78 is 12.8. The Kier molecular flexibility index (Phi) is 6.11. The Hall–Kier alpha value is -2.86. The van der Waals surface area contributed by atoms with Gasteiger partial charge in [-0.05, 0) is 93.4 Å². The maximum absolute atomic E-state index is 6.62. The number of anilines is 1. The van der Waals surface area contributed by atoms with Gasteiger partial charge in [-0.1, -0.05) is 31.0 Å². The van der Waals surface area contributed by atoms with Crippen molar-refractivity contribution in [1.82, 2.24) is 5.43 Å². The Morgan fingerprint density at radius 1 is 1.06 bits per heavy atom. The number of hydrogen-bond donors (Lipinski definition) is 2. The van der Waals surface area contributed by atoms with E-state index in [1.807, 2.05) is 30.3 Å². The van der Waals surface area contributed by atoms with E-state index in [-0.39, 0.29) is 5.60 Å².